The number of nitrogens with zero attached hydrogens (tertiary/aromatic N) is 2. The van der Waals surface area contributed by atoms with E-state index in [-0.39, 0.29) is 11.4 Å². The number of anilines is 1. The first-order chi connectivity index (χ1) is 15.0. The van der Waals surface area contributed by atoms with Crippen LogP contribution in [0.25, 0.3) is 11.3 Å². The summed E-state index contributed by atoms with van der Waals surface area (Å²) in [6.07, 6.45) is 0. The fraction of sp³-hybridized carbons (Fsp3) is 0.125. The van der Waals surface area contributed by atoms with Gasteiger partial charge in [0, 0.05) is 11.6 Å². The highest BCUT2D eigenvalue weighted by Gasteiger charge is 2.27. The van der Waals surface area contributed by atoms with E-state index in [4.69, 9.17) is 9.26 Å². The first kappa shape index (κ1) is 20.7. The van der Waals surface area contributed by atoms with Gasteiger partial charge in [0.15, 0.2) is 5.76 Å². The molecule has 4 aromatic rings. The Morgan fingerprint density at radius 1 is 0.935 bits per heavy atom. The van der Waals surface area contributed by atoms with Crippen molar-refractivity contribution in [3.05, 3.63) is 96.3 Å². The van der Waals surface area contributed by atoms with Crippen LogP contribution in [0.15, 0.2) is 94.3 Å². The Balaban J connectivity index is 1.71. The molecule has 0 unspecified atom stereocenters. The molecule has 7 heteroatoms. The van der Waals surface area contributed by atoms with Crippen LogP contribution < -0.4 is 9.04 Å². The molecule has 1 heterocycles. The predicted molar refractivity (Wildman–Crippen MR) is 119 cm³/mol. The standard InChI is InChI=1S/C24H22N2O4S/c1-18-8-6-7-11-24(18)26(31(27,28)22-9-4-3-5-10-22)17-21-16-23(25-30-21)19-12-14-20(29-2)15-13-19/h3-16H,17H2,1-2H3. The second-order valence-electron chi connectivity index (χ2n) is 7.02. The van der Waals surface area contributed by atoms with E-state index in [1.807, 2.05) is 49.4 Å². The van der Waals surface area contributed by atoms with Crippen molar-refractivity contribution in [1.29, 1.82) is 0 Å². The lowest BCUT2D eigenvalue weighted by atomic mass is 10.1. The summed E-state index contributed by atoms with van der Waals surface area (Å²) in [6.45, 7) is 1.90. The molecule has 158 valence electrons. The largest absolute Gasteiger partial charge is 0.497 e. The quantitative estimate of drug-likeness (QED) is 0.407. The van der Waals surface area contributed by atoms with Gasteiger partial charge in [-0.05, 0) is 55.0 Å². The molecule has 0 aliphatic carbocycles. The van der Waals surface area contributed by atoms with Gasteiger partial charge in [-0.3, -0.25) is 4.31 Å². The van der Waals surface area contributed by atoms with Gasteiger partial charge < -0.3 is 9.26 Å². The predicted octanol–water partition coefficient (Wildman–Crippen LogP) is 5.05. The van der Waals surface area contributed by atoms with E-state index in [0.29, 0.717) is 17.1 Å². The molecule has 4 rings (SSSR count). The van der Waals surface area contributed by atoms with E-state index in [2.05, 4.69) is 5.16 Å². The second-order valence-corrected chi connectivity index (χ2v) is 8.88. The lowest BCUT2D eigenvalue weighted by molar-refractivity contribution is 0.386. The molecule has 31 heavy (non-hydrogen) atoms. The van der Waals surface area contributed by atoms with Gasteiger partial charge in [-0.15, -0.1) is 0 Å². The summed E-state index contributed by atoms with van der Waals surface area (Å²) in [4.78, 5) is 0.216. The number of benzene rings is 3. The van der Waals surface area contributed by atoms with Gasteiger partial charge in [-0.1, -0.05) is 41.6 Å². The van der Waals surface area contributed by atoms with Crippen molar-refractivity contribution in [2.75, 3.05) is 11.4 Å². The highest BCUT2D eigenvalue weighted by molar-refractivity contribution is 7.92. The van der Waals surface area contributed by atoms with Crippen molar-refractivity contribution >= 4 is 15.7 Å². The zero-order valence-corrected chi connectivity index (χ0v) is 18.0. The number of aryl methyl sites for hydroxylation is 1. The van der Waals surface area contributed by atoms with Gasteiger partial charge in [-0.2, -0.15) is 0 Å². The molecule has 0 spiro atoms. The Labute approximate surface area is 181 Å². The van der Waals surface area contributed by atoms with E-state index in [1.54, 1.807) is 49.6 Å². The van der Waals surface area contributed by atoms with Crippen LogP contribution in [0, 0.1) is 6.92 Å². The topological polar surface area (TPSA) is 72.6 Å². The third kappa shape index (κ3) is 4.32. The van der Waals surface area contributed by atoms with E-state index in [9.17, 15) is 8.42 Å². The van der Waals surface area contributed by atoms with E-state index >= 15 is 0 Å². The van der Waals surface area contributed by atoms with Crippen LogP contribution in [-0.2, 0) is 16.6 Å². The molecule has 0 aliphatic rings. The maximum atomic E-state index is 13.5. The Hall–Kier alpha value is -3.58. The first-order valence-electron chi connectivity index (χ1n) is 9.72. The minimum Gasteiger partial charge on any atom is -0.497 e. The van der Waals surface area contributed by atoms with Gasteiger partial charge in [-0.25, -0.2) is 8.42 Å². The molecule has 3 aromatic carbocycles. The maximum absolute atomic E-state index is 13.5. The number of sulfonamides is 1. The van der Waals surface area contributed by atoms with Crippen molar-refractivity contribution < 1.29 is 17.7 Å². The number of ether oxygens (including phenoxy) is 1. The van der Waals surface area contributed by atoms with Crippen LogP contribution in [0.4, 0.5) is 5.69 Å². The molecule has 0 radical (unpaired) electrons. The van der Waals surface area contributed by atoms with Crippen LogP contribution in [0.2, 0.25) is 0 Å². The smallest absolute Gasteiger partial charge is 0.264 e. The molecular formula is C24H22N2O4S. The third-order valence-corrected chi connectivity index (χ3v) is 6.73. The number of para-hydroxylation sites is 1. The van der Waals surface area contributed by atoms with E-state index in [0.717, 1.165) is 16.9 Å². The summed E-state index contributed by atoms with van der Waals surface area (Å²) in [5.41, 5.74) is 2.91. The molecule has 0 amide bonds. The average Bonchev–Trinajstić information content (AvgIpc) is 3.27. The lowest BCUT2D eigenvalue weighted by Crippen LogP contribution is -2.31. The van der Waals surface area contributed by atoms with Crippen LogP contribution in [0.5, 0.6) is 5.75 Å². The van der Waals surface area contributed by atoms with Gasteiger partial charge in [0.05, 0.1) is 24.2 Å². The van der Waals surface area contributed by atoms with Gasteiger partial charge in [0.2, 0.25) is 0 Å². The molecule has 0 fully saturated rings. The van der Waals surface area contributed by atoms with Gasteiger partial charge >= 0.3 is 0 Å². The minimum absolute atomic E-state index is 0.0191. The van der Waals surface area contributed by atoms with Crippen molar-refractivity contribution in [2.45, 2.75) is 18.4 Å². The highest BCUT2D eigenvalue weighted by Crippen LogP contribution is 2.30. The number of aromatic nitrogens is 1. The summed E-state index contributed by atoms with van der Waals surface area (Å²) >= 11 is 0. The minimum atomic E-state index is -3.81. The Morgan fingerprint density at radius 2 is 1.61 bits per heavy atom. The normalized spacial score (nSPS) is 11.3. The fourth-order valence-electron chi connectivity index (χ4n) is 3.29. The first-order valence-corrected chi connectivity index (χ1v) is 11.2. The summed E-state index contributed by atoms with van der Waals surface area (Å²) in [6, 6.07) is 24.9. The molecule has 0 N–H and O–H groups in total. The molecule has 0 atom stereocenters. The molecule has 0 saturated heterocycles. The fourth-order valence-corrected chi connectivity index (χ4v) is 4.81. The number of rotatable bonds is 7. The Kier molecular flexibility index (Phi) is 5.77. The van der Waals surface area contributed by atoms with Gasteiger partial charge in [0.1, 0.15) is 11.4 Å². The Morgan fingerprint density at radius 3 is 2.29 bits per heavy atom. The lowest BCUT2D eigenvalue weighted by Gasteiger charge is -2.25. The van der Waals surface area contributed by atoms with Crippen LogP contribution in [0.3, 0.4) is 0 Å². The molecular weight excluding hydrogens is 412 g/mol. The summed E-state index contributed by atoms with van der Waals surface area (Å²) < 4.78 is 39.0. The monoisotopic (exact) mass is 434 g/mol. The summed E-state index contributed by atoms with van der Waals surface area (Å²) in [5, 5.41) is 4.13. The average molecular weight is 435 g/mol. The van der Waals surface area contributed by atoms with Crippen molar-refractivity contribution in [3.63, 3.8) is 0 Å². The molecule has 6 nitrogen and oxygen atoms in total. The van der Waals surface area contributed by atoms with Crippen molar-refractivity contribution in [1.82, 2.24) is 5.16 Å². The summed E-state index contributed by atoms with van der Waals surface area (Å²) in [5.74, 6) is 1.18. The summed E-state index contributed by atoms with van der Waals surface area (Å²) in [7, 11) is -2.20. The SMILES string of the molecule is COc1ccc(-c2cc(CN(c3ccccc3C)S(=O)(=O)c3ccccc3)on2)cc1. The van der Waals surface area contributed by atoms with Crippen molar-refractivity contribution in [2.24, 2.45) is 0 Å². The second kappa shape index (κ2) is 8.65. The molecule has 0 saturated carbocycles. The van der Waals surface area contributed by atoms with Crippen molar-refractivity contribution in [3.8, 4) is 17.0 Å². The molecule has 0 aliphatic heterocycles. The van der Waals surface area contributed by atoms with E-state index < -0.39 is 10.0 Å². The maximum Gasteiger partial charge on any atom is 0.264 e. The zero-order chi connectivity index (χ0) is 21.8. The van der Waals surface area contributed by atoms with Gasteiger partial charge in [0.25, 0.3) is 10.0 Å². The van der Waals surface area contributed by atoms with Crippen LogP contribution >= 0.6 is 0 Å². The van der Waals surface area contributed by atoms with E-state index in [1.165, 1.54) is 4.31 Å². The van der Waals surface area contributed by atoms with Crippen LogP contribution in [-0.4, -0.2) is 20.7 Å². The van der Waals surface area contributed by atoms with Crippen LogP contribution in [0.1, 0.15) is 11.3 Å². The highest BCUT2D eigenvalue weighted by atomic mass is 32.2. The zero-order valence-electron chi connectivity index (χ0n) is 17.2. The number of methoxy groups -OCH3 is 1. The number of hydrogen-bond acceptors (Lipinski definition) is 5. The molecule has 1 aromatic heterocycles. The number of hydrogen-bond donors (Lipinski definition) is 0. The Bertz CT molecular complexity index is 1270. The third-order valence-electron chi connectivity index (χ3n) is 4.96. The molecule has 0 bridgehead atoms.